The van der Waals surface area contributed by atoms with E-state index in [1.807, 2.05) is 13.8 Å². The smallest absolute Gasteiger partial charge is 0.220 e. The Morgan fingerprint density at radius 1 is 0.638 bits per heavy atom. The molecule has 2 aliphatic carbocycles. The Bertz CT molecular complexity index is 1190. The van der Waals surface area contributed by atoms with Gasteiger partial charge < -0.3 is 24.3 Å². The van der Waals surface area contributed by atoms with E-state index in [4.69, 9.17) is 38.5 Å². The minimum atomic E-state index is -0.776. The van der Waals surface area contributed by atoms with Crippen LogP contribution < -0.4 is 5.32 Å². The van der Waals surface area contributed by atoms with E-state index >= 15 is 0 Å². The lowest BCUT2D eigenvalue weighted by Gasteiger charge is -2.60. The summed E-state index contributed by atoms with van der Waals surface area (Å²) in [4.78, 5) is 37.5. The molecule has 4 bridgehead atoms. The maximum atomic E-state index is 13.0. The lowest BCUT2D eigenvalue weighted by molar-refractivity contribution is -0.571. The second-order valence-corrected chi connectivity index (χ2v) is 17.3. The van der Waals surface area contributed by atoms with Crippen molar-refractivity contribution in [3.8, 4) is 0 Å². The summed E-state index contributed by atoms with van der Waals surface area (Å²) < 4.78 is 26.4. The highest BCUT2D eigenvalue weighted by molar-refractivity contribution is 5.75. The topological polar surface area (TPSA) is 103 Å². The molecule has 16 atom stereocenters. The van der Waals surface area contributed by atoms with Gasteiger partial charge in [-0.3, -0.25) is 4.79 Å². The minimum absolute atomic E-state index is 0.0457. The molecule has 0 aromatic carbocycles. The Kier molecular flexibility index (Phi) is 8.60. The van der Waals surface area contributed by atoms with Crippen LogP contribution in [0, 0.1) is 47.3 Å². The number of hydrogen-bond donors (Lipinski definition) is 1. The Labute approximate surface area is 280 Å². The van der Waals surface area contributed by atoms with Crippen molar-refractivity contribution in [1.29, 1.82) is 0 Å². The van der Waals surface area contributed by atoms with Crippen molar-refractivity contribution < 1.29 is 43.3 Å². The number of rotatable bonds is 8. The Morgan fingerprint density at radius 2 is 1.15 bits per heavy atom. The second kappa shape index (κ2) is 12.1. The third-order valence-corrected chi connectivity index (χ3v) is 14.5. The third kappa shape index (κ3) is 5.28. The molecule has 0 aromatic heterocycles. The molecule has 8 heterocycles. The van der Waals surface area contributed by atoms with Crippen molar-refractivity contribution in [2.75, 3.05) is 6.54 Å². The van der Waals surface area contributed by atoms with Crippen molar-refractivity contribution in [3.63, 3.8) is 0 Å². The zero-order valence-corrected chi connectivity index (χ0v) is 29.5. The molecule has 8 aliphatic heterocycles. The molecular formula is C37H59NO9. The quantitative estimate of drug-likeness (QED) is 0.229. The molecule has 1 amide bonds. The van der Waals surface area contributed by atoms with Crippen LogP contribution in [0.3, 0.4) is 0 Å². The van der Waals surface area contributed by atoms with Crippen molar-refractivity contribution >= 4 is 5.91 Å². The second-order valence-electron chi connectivity index (χ2n) is 17.3. The van der Waals surface area contributed by atoms with Gasteiger partial charge in [0.2, 0.25) is 17.5 Å². The molecule has 0 unspecified atom stereocenters. The molecule has 10 heteroatoms. The molecule has 8 saturated heterocycles. The van der Waals surface area contributed by atoms with E-state index in [0.29, 0.717) is 60.8 Å². The lowest BCUT2D eigenvalue weighted by atomic mass is 9.57. The molecule has 47 heavy (non-hydrogen) atoms. The van der Waals surface area contributed by atoms with Crippen LogP contribution in [0.1, 0.15) is 125 Å². The van der Waals surface area contributed by atoms with Crippen LogP contribution in [0.15, 0.2) is 0 Å². The highest BCUT2D eigenvalue weighted by Crippen LogP contribution is 2.62. The van der Waals surface area contributed by atoms with E-state index in [1.165, 1.54) is 12.8 Å². The standard InChI is InChI=1S/C37H59NO9/c1-21-10-12-27-23(3)29(40-32-36(27)25(21)16-18-34(5,42-32)44-46-36)9-7-8-20-38-31(39)15-14-30-24(4)28-13-11-22(2)26-17-19-35(6)43-33(41-30)37(26,28)47-45-35/h21-30,32-33H,7-20H2,1-6H3,(H,38,39)/t21-,22-,23-,24-,25+,26+,27+,28+,29-,30-,32+,33+,34-,35-,36-,37-/m1/s1. The first-order valence-electron chi connectivity index (χ1n) is 19.1. The fourth-order valence-corrected chi connectivity index (χ4v) is 11.7. The van der Waals surface area contributed by atoms with Gasteiger partial charge in [-0.1, -0.05) is 27.7 Å². The molecule has 10 fully saturated rings. The summed E-state index contributed by atoms with van der Waals surface area (Å²) in [5, 5.41) is 3.18. The number of amides is 1. The van der Waals surface area contributed by atoms with Gasteiger partial charge >= 0.3 is 0 Å². The Hall–Kier alpha value is -0.850. The van der Waals surface area contributed by atoms with Crippen LogP contribution in [-0.2, 0) is 43.3 Å². The van der Waals surface area contributed by atoms with Gasteiger partial charge in [0.1, 0.15) is 0 Å². The normalized spacial score (nSPS) is 54.6. The zero-order chi connectivity index (χ0) is 32.8. The number of nitrogens with one attached hydrogen (secondary N) is 1. The summed E-state index contributed by atoms with van der Waals surface area (Å²) in [6, 6.07) is 0. The largest absolute Gasteiger partial charge is 0.356 e. The highest BCUT2D eigenvalue weighted by Gasteiger charge is 2.70. The molecule has 10 nitrogen and oxygen atoms in total. The van der Waals surface area contributed by atoms with Gasteiger partial charge in [0, 0.05) is 37.6 Å². The molecular weight excluding hydrogens is 602 g/mol. The summed E-state index contributed by atoms with van der Waals surface area (Å²) in [5.41, 5.74) is -1.06. The van der Waals surface area contributed by atoms with Gasteiger partial charge in [0.15, 0.2) is 23.8 Å². The average Bonchev–Trinajstić information content (AvgIpc) is 3.42. The fraction of sp³-hybridized carbons (Fsp3) is 0.973. The summed E-state index contributed by atoms with van der Waals surface area (Å²) >= 11 is 0. The number of fused-ring (bicyclic) bond motifs is 4. The van der Waals surface area contributed by atoms with Crippen molar-refractivity contribution in [3.05, 3.63) is 0 Å². The zero-order valence-electron chi connectivity index (χ0n) is 29.5. The molecule has 0 radical (unpaired) electrons. The van der Waals surface area contributed by atoms with E-state index in [1.54, 1.807) is 0 Å². The fourth-order valence-electron chi connectivity index (χ4n) is 11.7. The number of carbonyl (C=O) groups excluding carboxylic acids is 1. The number of hydrogen-bond acceptors (Lipinski definition) is 9. The van der Waals surface area contributed by atoms with Gasteiger partial charge in [-0.2, -0.15) is 0 Å². The summed E-state index contributed by atoms with van der Waals surface area (Å²) in [6.45, 7) is 13.9. The first-order valence-corrected chi connectivity index (χ1v) is 19.1. The van der Waals surface area contributed by atoms with E-state index in [-0.39, 0.29) is 30.3 Å². The SMILES string of the molecule is C[C@H]1[C@@H](CCCCNC(=O)CC[C@H]2O[C@H]3O[C@@]4(C)CC[C@H]5[C@H](C)CC[C@@H]([C@H]2C)[C@@]35OO4)O[C@H]2O[C@@]3(C)CC[C@H]4[C@H](C)CC[C@@H]1[C@@]24OO3. The summed E-state index contributed by atoms with van der Waals surface area (Å²) in [6.07, 6.45) is 11.5. The Morgan fingerprint density at radius 3 is 1.68 bits per heavy atom. The van der Waals surface area contributed by atoms with E-state index in [0.717, 1.165) is 57.8 Å². The van der Waals surface area contributed by atoms with E-state index < -0.39 is 29.1 Å². The van der Waals surface area contributed by atoms with Gasteiger partial charge in [-0.05, 0) is 114 Å². The van der Waals surface area contributed by atoms with Crippen molar-refractivity contribution in [1.82, 2.24) is 5.32 Å². The average molecular weight is 662 g/mol. The van der Waals surface area contributed by atoms with Crippen LogP contribution in [0.5, 0.6) is 0 Å². The van der Waals surface area contributed by atoms with Crippen LogP contribution in [0.25, 0.3) is 0 Å². The van der Waals surface area contributed by atoms with Crippen LogP contribution in [0.2, 0.25) is 0 Å². The maximum Gasteiger partial charge on any atom is 0.220 e. The molecule has 2 saturated carbocycles. The van der Waals surface area contributed by atoms with Gasteiger partial charge in [-0.15, -0.1) is 0 Å². The van der Waals surface area contributed by atoms with Crippen LogP contribution in [-0.4, -0.2) is 60.0 Å². The van der Waals surface area contributed by atoms with Crippen molar-refractivity contribution in [2.45, 2.75) is 173 Å². The number of carbonyl (C=O) groups is 1. The molecule has 1 N–H and O–H groups in total. The molecule has 0 aromatic rings. The first-order chi connectivity index (χ1) is 22.5. The van der Waals surface area contributed by atoms with E-state index in [9.17, 15) is 4.79 Å². The number of ether oxygens (including phenoxy) is 4. The first kappa shape index (κ1) is 33.3. The summed E-state index contributed by atoms with van der Waals surface area (Å²) in [7, 11) is 0. The van der Waals surface area contributed by atoms with Gasteiger partial charge in [0.05, 0.1) is 12.2 Å². The monoisotopic (exact) mass is 661 g/mol. The van der Waals surface area contributed by atoms with Gasteiger partial charge in [0.25, 0.3) is 0 Å². The van der Waals surface area contributed by atoms with Crippen LogP contribution >= 0.6 is 0 Å². The summed E-state index contributed by atoms with van der Waals surface area (Å²) in [5.74, 6) is 1.70. The Balaban J connectivity index is 0.818. The maximum absolute atomic E-state index is 13.0. The minimum Gasteiger partial charge on any atom is -0.356 e. The number of unbranched alkanes of at least 4 members (excludes halogenated alkanes) is 1. The van der Waals surface area contributed by atoms with Crippen LogP contribution in [0.4, 0.5) is 0 Å². The molecule has 266 valence electrons. The van der Waals surface area contributed by atoms with E-state index in [2.05, 4.69) is 33.0 Å². The third-order valence-electron chi connectivity index (χ3n) is 14.5. The lowest BCUT2D eigenvalue weighted by Crippen LogP contribution is -2.70. The van der Waals surface area contributed by atoms with Gasteiger partial charge in [-0.25, -0.2) is 19.6 Å². The van der Waals surface area contributed by atoms with Crippen molar-refractivity contribution in [2.24, 2.45) is 47.3 Å². The highest BCUT2D eigenvalue weighted by atomic mass is 17.3. The predicted octanol–water partition coefficient (Wildman–Crippen LogP) is 6.55. The predicted molar refractivity (Wildman–Crippen MR) is 170 cm³/mol. The molecule has 10 aliphatic rings. The molecule has 2 spiro atoms. The molecule has 10 rings (SSSR count).